The van der Waals surface area contributed by atoms with Crippen molar-refractivity contribution in [1.29, 1.82) is 0 Å². The molecule has 1 atom stereocenters. The largest absolute Gasteiger partial charge is 0.468 e. The van der Waals surface area contributed by atoms with Crippen molar-refractivity contribution < 1.29 is 4.42 Å². The van der Waals surface area contributed by atoms with Gasteiger partial charge in [-0.05, 0) is 57.1 Å². The van der Waals surface area contributed by atoms with E-state index < -0.39 is 0 Å². The lowest BCUT2D eigenvalue weighted by molar-refractivity contribution is 0.194. The molecule has 0 bridgehead atoms. The van der Waals surface area contributed by atoms with Crippen LogP contribution in [0.3, 0.4) is 0 Å². The van der Waals surface area contributed by atoms with Gasteiger partial charge in [0, 0.05) is 32.0 Å². The number of hydrogen-bond donors (Lipinski definition) is 1. The zero-order valence-corrected chi connectivity index (χ0v) is 18.0. The predicted molar refractivity (Wildman–Crippen MR) is 117 cm³/mol. The summed E-state index contributed by atoms with van der Waals surface area (Å²) in [5.41, 5.74) is 2.19. The third-order valence-electron chi connectivity index (χ3n) is 5.66. The van der Waals surface area contributed by atoms with Gasteiger partial charge in [-0.2, -0.15) is 5.10 Å². The van der Waals surface area contributed by atoms with Gasteiger partial charge < -0.3 is 14.3 Å². The lowest BCUT2D eigenvalue weighted by Gasteiger charge is -2.26. The number of fused-ring (bicyclic) bond motifs is 1. The minimum absolute atomic E-state index is 0. The number of rotatable bonds is 5. The van der Waals surface area contributed by atoms with Crippen LogP contribution in [0, 0.1) is 0 Å². The minimum Gasteiger partial charge on any atom is -0.468 e. The Hall–Kier alpha value is -1.80. The molecule has 0 spiro atoms. The van der Waals surface area contributed by atoms with Gasteiger partial charge in [-0.1, -0.05) is 0 Å². The summed E-state index contributed by atoms with van der Waals surface area (Å²) < 4.78 is 10.1. The van der Waals surface area contributed by atoms with E-state index in [1.807, 2.05) is 12.3 Å². The summed E-state index contributed by atoms with van der Waals surface area (Å²) in [6.45, 7) is 5.96. The normalized spacial score (nSPS) is 17.8. The van der Waals surface area contributed by atoms with E-state index >= 15 is 0 Å². The highest BCUT2D eigenvalue weighted by atomic mass is 35.5. The van der Waals surface area contributed by atoms with Crippen LogP contribution in [0.15, 0.2) is 41.3 Å². The average molecular weight is 439 g/mol. The van der Waals surface area contributed by atoms with Crippen LogP contribution in [-0.4, -0.2) is 43.9 Å². The molecule has 7 nitrogen and oxygen atoms in total. The van der Waals surface area contributed by atoms with Gasteiger partial charge in [-0.3, -0.25) is 9.58 Å². The third-order valence-corrected chi connectivity index (χ3v) is 5.66. The van der Waals surface area contributed by atoms with Gasteiger partial charge in [0.15, 0.2) is 5.82 Å². The molecule has 0 aliphatic carbocycles. The van der Waals surface area contributed by atoms with Crippen LogP contribution in [0.5, 0.6) is 0 Å². The van der Waals surface area contributed by atoms with Gasteiger partial charge in [0.2, 0.25) is 0 Å². The van der Waals surface area contributed by atoms with Crippen molar-refractivity contribution in [3.05, 3.63) is 48.3 Å². The monoisotopic (exact) mass is 438 g/mol. The molecule has 1 fully saturated rings. The van der Waals surface area contributed by atoms with Crippen molar-refractivity contribution >= 4 is 24.8 Å². The van der Waals surface area contributed by atoms with Crippen molar-refractivity contribution in [2.45, 2.75) is 44.9 Å². The summed E-state index contributed by atoms with van der Waals surface area (Å²) in [7, 11) is 0. The number of aryl methyl sites for hydroxylation is 1. The van der Waals surface area contributed by atoms with Crippen LogP contribution >= 0.6 is 24.8 Å². The highest BCUT2D eigenvalue weighted by molar-refractivity contribution is 5.85. The van der Waals surface area contributed by atoms with Crippen LogP contribution in [0.25, 0.3) is 11.5 Å². The second kappa shape index (κ2) is 9.80. The van der Waals surface area contributed by atoms with E-state index in [0.29, 0.717) is 0 Å². The molecule has 29 heavy (non-hydrogen) atoms. The molecule has 3 aromatic heterocycles. The molecule has 5 heterocycles. The molecule has 158 valence electrons. The van der Waals surface area contributed by atoms with Crippen LogP contribution in [0.2, 0.25) is 0 Å². The van der Waals surface area contributed by atoms with Crippen LogP contribution in [0.1, 0.15) is 36.8 Å². The summed E-state index contributed by atoms with van der Waals surface area (Å²) in [6.07, 6.45) is 9.33. The summed E-state index contributed by atoms with van der Waals surface area (Å²) >= 11 is 0. The molecule has 2 aliphatic rings. The molecule has 2 aliphatic heterocycles. The van der Waals surface area contributed by atoms with Gasteiger partial charge in [-0.25, -0.2) is 4.98 Å². The highest BCUT2D eigenvalue weighted by Gasteiger charge is 2.27. The molecular formula is C20H28Cl2N6O. The van der Waals surface area contributed by atoms with E-state index in [2.05, 4.69) is 42.8 Å². The molecule has 0 saturated carbocycles. The predicted octanol–water partition coefficient (Wildman–Crippen LogP) is 3.51. The molecule has 1 unspecified atom stereocenters. The Kier molecular flexibility index (Phi) is 7.40. The van der Waals surface area contributed by atoms with Crippen molar-refractivity contribution in [1.82, 2.24) is 29.5 Å². The Morgan fingerprint density at radius 2 is 2.00 bits per heavy atom. The average Bonchev–Trinajstić information content (AvgIpc) is 3.46. The van der Waals surface area contributed by atoms with Crippen molar-refractivity contribution in [3.63, 3.8) is 0 Å². The number of furan rings is 1. The molecule has 5 rings (SSSR count). The first kappa shape index (κ1) is 21.9. The molecule has 3 aromatic rings. The zero-order chi connectivity index (χ0) is 18.1. The molecule has 0 radical (unpaired) electrons. The minimum atomic E-state index is 0. The molecule has 9 heteroatoms. The Bertz CT molecular complexity index is 861. The zero-order valence-electron chi connectivity index (χ0n) is 16.4. The van der Waals surface area contributed by atoms with E-state index in [1.54, 1.807) is 6.26 Å². The van der Waals surface area contributed by atoms with Gasteiger partial charge in [0.1, 0.15) is 11.5 Å². The first-order valence-corrected chi connectivity index (χ1v) is 9.95. The number of likely N-dealkylation sites (tertiary alicyclic amines) is 1. The first-order valence-electron chi connectivity index (χ1n) is 9.95. The Balaban J connectivity index is 0.00000120. The number of imidazole rings is 1. The van der Waals surface area contributed by atoms with Crippen molar-refractivity contribution in [3.8, 4) is 11.5 Å². The van der Waals surface area contributed by atoms with E-state index in [4.69, 9.17) is 9.52 Å². The van der Waals surface area contributed by atoms with Crippen molar-refractivity contribution in [2.75, 3.05) is 19.6 Å². The first-order chi connectivity index (χ1) is 13.4. The lowest BCUT2D eigenvalue weighted by atomic mass is 10.2. The number of aromatic nitrogens is 4. The Morgan fingerprint density at radius 3 is 2.79 bits per heavy atom. The Labute approximate surface area is 183 Å². The fourth-order valence-corrected chi connectivity index (χ4v) is 4.27. The SMILES string of the molecule is Cl.Cl.c1coc(C(Cn2ccnc2-c2cc3n(n2)CCCNC3)N2CCCC2)c1. The summed E-state index contributed by atoms with van der Waals surface area (Å²) in [4.78, 5) is 7.15. The lowest BCUT2D eigenvalue weighted by Crippen LogP contribution is -2.29. The van der Waals surface area contributed by atoms with Crippen LogP contribution in [0.4, 0.5) is 0 Å². The number of halogens is 2. The molecule has 0 aromatic carbocycles. The molecule has 1 N–H and O–H groups in total. The maximum atomic E-state index is 5.78. The third kappa shape index (κ3) is 4.53. The summed E-state index contributed by atoms with van der Waals surface area (Å²) in [5.74, 6) is 1.97. The number of hydrogen-bond acceptors (Lipinski definition) is 5. The summed E-state index contributed by atoms with van der Waals surface area (Å²) in [5, 5.41) is 8.30. The van der Waals surface area contributed by atoms with Gasteiger partial charge in [0.25, 0.3) is 0 Å². The second-order valence-electron chi connectivity index (χ2n) is 7.45. The fraction of sp³-hybridized carbons (Fsp3) is 0.500. The molecule has 1 saturated heterocycles. The van der Waals surface area contributed by atoms with Gasteiger partial charge in [0.05, 0.1) is 18.0 Å². The quantitative estimate of drug-likeness (QED) is 0.659. The van der Waals surface area contributed by atoms with E-state index in [-0.39, 0.29) is 30.9 Å². The number of nitrogens with zero attached hydrogens (tertiary/aromatic N) is 5. The topological polar surface area (TPSA) is 64.0 Å². The highest BCUT2D eigenvalue weighted by Crippen LogP contribution is 2.29. The second-order valence-corrected chi connectivity index (χ2v) is 7.45. The maximum Gasteiger partial charge on any atom is 0.160 e. The van der Waals surface area contributed by atoms with Crippen LogP contribution < -0.4 is 5.32 Å². The standard InChI is InChI=1S/C20H26N6O.2ClH/c1-2-9-24(8-1)18(19-5-3-12-27-19)15-25-11-7-22-20(25)17-13-16-14-21-6-4-10-26(16)23-17;;/h3,5,7,11-13,18,21H,1-2,4,6,8-10,14-15H2;2*1H. The van der Waals surface area contributed by atoms with Crippen LogP contribution in [-0.2, 0) is 19.6 Å². The van der Waals surface area contributed by atoms with E-state index in [1.165, 1.54) is 18.5 Å². The van der Waals surface area contributed by atoms with E-state index in [0.717, 1.165) is 63.0 Å². The smallest absolute Gasteiger partial charge is 0.160 e. The fourth-order valence-electron chi connectivity index (χ4n) is 4.27. The van der Waals surface area contributed by atoms with Gasteiger partial charge in [-0.15, -0.1) is 24.8 Å². The van der Waals surface area contributed by atoms with E-state index in [9.17, 15) is 0 Å². The van der Waals surface area contributed by atoms with Crippen molar-refractivity contribution in [2.24, 2.45) is 0 Å². The molecule has 0 amide bonds. The summed E-state index contributed by atoms with van der Waals surface area (Å²) in [6, 6.07) is 6.48. The number of nitrogens with one attached hydrogen (secondary N) is 1. The van der Waals surface area contributed by atoms with Gasteiger partial charge >= 0.3 is 0 Å². The maximum absolute atomic E-state index is 5.78. The Morgan fingerprint density at radius 1 is 1.14 bits per heavy atom. The molecular weight excluding hydrogens is 411 g/mol.